The number of hydrogen-bond donors (Lipinski definition) is 0. The van der Waals surface area contributed by atoms with Gasteiger partial charge in [0.15, 0.2) is 0 Å². The molecule has 0 unspecified atom stereocenters. The summed E-state index contributed by atoms with van der Waals surface area (Å²) in [7, 11) is 0. The van der Waals surface area contributed by atoms with Gasteiger partial charge in [0, 0.05) is 27.8 Å². The van der Waals surface area contributed by atoms with Crippen molar-refractivity contribution in [2.24, 2.45) is 0 Å². The van der Waals surface area contributed by atoms with Crippen LogP contribution in [-0.4, -0.2) is 0 Å². The van der Waals surface area contributed by atoms with Crippen molar-refractivity contribution in [1.29, 1.82) is 0 Å². The Kier molecular flexibility index (Phi) is 5.41. The first kappa shape index (κ1) is 25.4. The van der Waals surface area contributed by atoms with E-state index in [2.05, 4.69) is 164 Å². The van der Waals surface area contributed by atoms with Gasteiger partial charge in [0.25, 0.3) is 0 Å². The van der Waals surface area contributed by atoms with E-state index in [0.717, 1.165) is 22.3 Å². The Morgan fingerprint density at radius 1 is 0.326 bits per heavy atom. The zero-order chi connectivity index (χ0) is 30.2. The van der Waals surface area contributed by atoms with Crippen LogP contribution in [0, 0.1) is 0 Å². The molecule has 1 aliphatic rings. The highest BCUT2D eigenvalue weighted by Crippen LogP contribution is 2.57. The van der Waals surface area contributed by atoms with Crippen LogP contribution < -0.4 is 4.74 Å². The lowest BCUT2D eigenvalue weighted by Crippen LogP contribution is -2.14. The van der Waals surface area contributed by atoms with Gasteiger partial charge in [0.1, 0.15) is 11.5 Å². The van der Waals surface area contributed by atoms with E-state index >= 15 is 0 Å². The lowest BCUT2D eigenvalue weighted by molar-refractivity contribution is 0.467. The first-order chi connectivity index (χ1) is 22.8. The number of fused-ring (bicyclic) bond motifs is 13. The van der Waals surface area contributed by atoms with Crippen molar-refractivity contribution in [3.8, 4) is 22.6 Å². The predicted octanol–water partition coefficient (Wildman–Crippen LogP) is 12.4. The van der Waals surface area contributed by atoms with Gasteiger partial charge in [-0.15, -0.1) is 0 Å². The molecular weight excluding hydrogens is 556 g/mol. The van der Waals surface area contributed by atoms with E-state index in [4.69, 9.17) is 4.74 Å². The largest absolute Gasteiger partial charge is 0.455 e. The number of rotatable bonds is 2. The Labute approximate surface area is 266 Å². The van der Waals surface area contributed by atoms with Crippen molar-refractivity contribution in [3.05, 3.63) is 180 Å². The molecule has 0 aliphatic carbocycles. The van der Waals surface area contributed by atoms with Crippen LogP contribution in [0.4, 0.5) is 0 Å². The molecule has 9 aromatic rings. The molecule has 46 heavy (non-hydrogen) atoms. The minimum absolute atomic E-state index is 0.0387. The predicted molar refractivity (Wildman–Crippen MR) is 193 cm³/mol. The lowest BCUT2D eigenvalue weighted by atomic mass is 9.76. The summed E-state index contributed by atoms with van der Waals surface area (Å²) in [6, 6.07) is 59.7. The van der Waals surface area contributed by atoms with Gasteiger partial charge in [0.05, 0.1) is 0 Å². The third-order valence-electron chi connectivity index (χ3n) is 9.93. The molecule has 0 N–H and O–H groups in total. The molecule has 0 radical (unpaired) electrons. The highest BCUT2D eigenvalue weighted by atomic mass is 16.5. The Morgan fingerprint density at radius 3 is 1.37 bits per heavy atom. The van der Waals surface area contributed by atoms with E-state index < -0.39 is 0 Å². The maximum atomic E-state index is 7.24. The van der Waals surface area contributed by atoms with E-state index in [-0.39, 0.29) is 5.92 Å². The van der Waals surface area contributed by atoms with Crippen LogP contribution in [0.15, 0.2) is 164 Å². The fourth-order valence-electron chi connectivity index (χ4n) is 7.91. The van der Waals surface area contributed by atoms with Gasteiger partial charge in [-0.2, -0.15) is 0 Å². The summed E-state index contributed by atoms with van der Waals surface area (Å²) in [6.07, 6.45) is 0. The molecule has 1 aliphatic heterocycles. The summed E-state index contributed by atoms with van der Waals surface area (Å²) in [4.78, 5) is 0. The molecule has 10 rings (SSSR count). The van der Waals surface area contributed by atoms with Gasteiger partial charge in [-0.1, -0.05) is 158 Å². The Balaban J connectivity index is 1.34. The lowest BCUT2D eigenvalue weighted by Gasteiger charge is -2.33. The van der Waals surface area contributed by atoms with Crippen molar-refractivity contribution < 1.29 is 4.74 Å². The molecule has 0 atom stereocenters. The zero-order valence-corrected chi connectivity index (χ0v) is 25.1. The van der Waals surface area contributed by atoms with Crippen LogP contribution in [0.5, 0.6) is 11.5 Å². The molecule has 0 aromatic heterocycles. The number of ether oxygens (including phenoxy) is 1. The van der Waals surface area contributed by atoms with Crippen molar-refractivity contribution in [2.75, 3.05) is 0 Å². The summed E-state index contributed by atoms with van der Waals surface area (Å²) in [5.41, 5.74) is 6.17. The Morgan fingerprint density at radius 2 is 0.783 bits per heavy atom. The van der Waals surface area contributed by atoms with Gasteiger partial charge in [-0.3, -0.25) is 0 Å². The van der Waals surface area contributed by atoms with Crippen LogP contribution in [0.25, 0.3) is 65.0 Å². The first-order valence-corrected chi connectivity index (χ1v) is 16.0. The topological polar surface area (TPSA) is 9.23 Å². The highest BCUT2D eigenvalue weighted by Gasteiger charge is 2.35. The summed E-state index contributed by atoms with van der Waals surface area (Å²) < 4.78 is 7.24. The summed E-state index contributed by atoms with van der Waals surface area (Å²) in [5.74, 6) is 1.88. The number of benzene rings is 9. The van der Waals surface area contributed by atoms with Gasteiger partial charge in [-0.25, -0.2) is 0 Å². The average Bonchev–Trinajstić information content (AvgIpc) is 3.14. The molecule has 0 saturated carbocycles. The maximum absolute atomic E-state index is 7.24. The van der Waals surface area contributed by atoms with Gasteiger partial charge >= 0.3 is 0 Å². The smallest absolute Gasteiger partial charge is 0.140 e. The molecule has 9 aromatic carbocycles. The van der Waals surface area contributed by atoms with Crippen LogP contribution >= 0.6 is 0 Å². The minimum Gasteiger partial charge on any atom is -0.455 e. The standard InChI is InChI=1S/C45H28O/c1-2-13-29-26-31(25-24-28(29)12-1)30-14-11-15-32(27-30)41-42-37-20-7-3-16-33(37)35-18-5-9-22-39(35)44(42)46-45-40-23-10-6-19-36(40)34-17-4-8-21-38(34)43(41)45/h1-27,41H. The SMILES string of the molecule is c1cc(-c2ccc3ccccc3c2)cc(C2c3c(c4ccccc4c4ccccc34)Oc3c2c2ccccc2c2ccccc32)c1. The third-order valence-corrected chi connectivity index (χ3v) is 9.93. The normalized spacial score (nSPS) is 12.9. The van der Waals surface area contributed by atoms with Crippen molar-refractivity contribution in [3.63, 3.8) is 0 Å². The van der Waals surface area contributed by atoms with E-state index in [1.165, 1.54) is 70.9 Å². The molecule has 1 heteroatoms. The van der Waals surface area contributed by atoms with Crippen molar-refractivity contribution >= 4 is 53.9 Å². The van der Waals surface area contributed by atoms with Crippen LogP contribution in [0.2, 0.25) is 0 Å². The fraction of sp³-hybridized carbons (Fsp3) is 0.0222. The molecule has 0 bridgehead atoms. The summed E-state index contributed by atoms with van der Waals surface area (Å²) >= 11 is 0. The fourth-order valence-corrected chi connectivity index (χ4v) is 7.91. The van der Waals surface area contributed by atoms with E-state index in [1.54, 1.807) is 0 Å². The molecule has 214 valence electrons. The minimum atomic E-state index is -0.0387. The third kappa shape index (κ3) is 3.63. The second-order valence-corrected chi connectivity index (χ2v) is 12.4. The number of hydrogen-bond acceptors (Lipinski definition) is 1. The quantitative estimate of drug-likeness (QED) is 0.184. The summed E-state index contributed by atoms with van der Waals surface area (Å²) in [6.45, 7) is 0. The second kappa shape index (κ2) is 9.79. The van der Waals surface area contributed by atoms with Gasteiger partial charge in [-0.05, 0) is 65.8 Å². The first-order valence-electron chi connectivity index (χ1n) is 16.0. The Bertz CT molecular complexity index is 2560. The van der Waals surface area contributed by atoms with Crippen LogP contribution in [0.1, 0.15) is 22.6 Å². The van der Waals surface area contributed by atoms with Gasteiger partial charge in [0.2, 0.25) is 0 Å². The van der Waals surface area contributed by atoms with E-state index in [0.29, 0.717) is 0 Å². The zero-order valence-electron chi connectivity index (χ0n) is 25.1. The average molecular weight is 585 g/mol. The maximum Gasteiger partial charge on any atom is 0.140 e. The van der Waals surface area contributed by atoms with Gasteiger partial charge < -0.3 is 4.74 Å². The highest BCUT2D eigenvalue weighted by molar-refractivity contribution is 6.17. The molecule has 0 fully saturated rings. The molecular formula is C45H28O. The molecule has 0 amide bonds. The monoisotopic (exact) mass is 584 g/mol. The molecule has 1 nitrogen and oxygen atoms in total. The van der Waals surface area contributed by atoms with E-state index in [1.807, 2.05) is 0 Å². The van der Waals surface area contributed by atoms with Crippen molar-refractivity contribution in [1.82, 2.24) is 0 Å². The second-order valence-electron chi connectivity index (χ2n) is 12.4. The Hall–Kier alpha value is -5.92. The van der Waals surface area contributed by atoms with E-state index in [9.17, 15) is 0 Å². The molecule has 0 saturated heterocycles. The molecule has 0 spiro atoms. The molecule has 1 heterocycles. The van der Waals surface area contributed by atoms with Crippen LogP contribution in [-0.2, 0) is 0 Å². The summed E-state index contributed by atoms with van der Waals surface area (Å²) in [5, 5.41) is 12.2. The van der Waals surface area contributed by atoms with Crippen molar-refractivity contribution in [2.45, 2.75) is 5.92 Å². The van der Waals surface area contributed by atoms with Crippen LogP contribution in [0.3, 0.4) is 0 Å².